The van der Waals surface area contributed by atoms with E-state index in [1.165, 1.54) is 5.56 Å². The first-order valence-electron chi connectivity index (χ1n) is 5.68. The predicted molar refractivity (Wildman–Crippen MR) is 70.4 cm³/mol. The zero-order valence-corrected chi connectivity index (χ0v) is 10.6. The second-order valence-corrected chi connectivity index (χ2v) is 4.38. The minimum atomic E-state index is 0.774. The number of likely N-dealkylation sites (N-methyl/N-ethyl adjacent to an activating group) is 1. The fourth-order valence-electron chi connectivity index (χ4n) is 1.77. The number of nitrogens with zero attached hydrogens (tertiary/aromatic N) is 2. The van der Waals surface area contributed by atoms with E-state index >= 15 is 0 Å². The fourth-order valence-corrected chi connectivity index (χ4v) is 1.99. The summed E-state index contributed by atoms with van der Waals surface area (Å²) in [5.41, 5.74) is 1.19. The van der Waals surface area contributed by atoms with Crippen molar-refractivity contribution in [2.75, 3.05) is 13.6 Å². The summed E-state index contributed by atoms with van der Waals surface area (Å²) >= 11 is 5.97. The first kappa shape index (κ1) is 12.1. The van der Waals surface area contributed by atoms with Gasteiger partial charge in [0.1, 0.15) is 5.82 Å². The Hall–Kier alpha value is -1.32. The third kappa shape index (κ3) is 3.32. The number of imidazole rings is 1. The minimum absolute atomic E-state index is 0.774. The van der Waals surface area contributed by atoms with Gasteiger partial charge in [-0.3, -0.25) is 0 Å². The Kier molecular flexibility index (Phi) is 4.18. The molecule has 3 nitrogen and oxygen atoms in total. The predicted octanol–water partition coefficient (Wildman–Crippen LogP) is 2.35. The highest BCUT2D eigenvalue weighted by Gasteiger charge is 2.04. The summed E-state index contributed by atoms with van der Waals surface area (Å²) in [6.07, 6.45) is 4.67. The summed E-state index contributed by atoms with van der Waals surface area (Å²) in [6.45, 7) is 1.88. The highest BCUT2D eigenvalue weighted by atomic mass is 35.5. The van der Waals surface area contributed by atoms with Crippen LogP contribution in [0.5, 0.6) is 0 Å². The zero-order chi connectivity index (χ0) is 12.1. The third-order valence-electron chi connectivity index (χ3n) is 2.66. The quantitative estimate of drug-likeness (QED) is 0.882. The van der Waals surface area contributed by atoms with Crippen molar-refractivity contribution in [2.24, 2.45) is 0 Å². The first-order valence-corrected chi connectivity index (χ1v) is 6.06. The lowest BCUT2D eigenvalue weighted by molar-refractivity contribution is 0.621. The molecule has 0 amide bonds. The largest absolute Gasteiger partial charge is 0.333 e. The molecule has 4 heteroatoms. The minimum Gasteiger partial charge on any atom is -0.333 e. The van der Waals surface area contributed by atoms with Gasteiger partial charge in [-0.25, -0.2) is 4.98 Å². The van der Waals surface area contributed by atoms with Crippen molar-refractivity contribution in [3.05, 3.63) is 53.1 Å². The maximum absolute atomic E-state index is 5.97. The zero-order valence-electron chi connectivity index (χ0n) is 9.86. The Morgan fingerprint density at radius 2 is 2.29 bits per heavy atom. The highest BCUT2D eigenvalue weighted by Crippen LogP contribution is 2.13. The molecule has 17 heavy (non-hydrogen) atoms. The second kappa shape index (κ2) is 5.84. The smallest absolute Gasteiger partial charge is 0.113 e. The van der Waals surface area contributed by atoms with Crippen LogP contribution in [0.1, 0.15) is 11.4 Å². The van der Waals surface area contributed by atoms with Crippen molar-refractivity contribution in [3.63, 3.8) is 0 Å². The molecule has 0 unspecified atom stereocenters. The molecule has 90 valence electrons. The molecule has 0 aliphatic rings. The van der Waals surface area contributed by atoms with E-state index in [-0.39, 0.29) is 0 Å². The monoisotopic (exact) mass is 249 g/mol. The van der Waals surface area contributed by atoms with E-state index in [4.69, 9.17) is 11.6 Å². The van der Waals surface area contributed by atoms with Crippen LogP contribution in [-0.4, -0.2) is 23.1 Å². The molecule has 0 saturated heterocycles. The lowest BCUT2D eigenvalue weighted by atomic mass is 10.1. The number of aromatic nitrogens is 2. The Morgan fingerprint density at radius 1 is 1.41 bits per heavy atom. The van der Waals surface area contributed by atoms with E-state index in [1.54, 1.807) is 0 Å². The van der Waals surface area contributed by atoms with Gasteiger partial charge in [-0.2, -0.15) is 0 Å². The van der Waals surface area contributed by atoms with Crippen molar-refractivity contribution in [1.82, 2.24) is 14.9 Å². The number of halogens is 1. The van der Waals surface area contributed by atoms with E-state index in [1.807, 2.05) is 37.6 Å². The molecule has 2 aromatic rings. The molecule has 0 atom stereocenters. The molecule has 1 aromatic heterocycles. The Bertz CT molecular complexity index is 479. The summed E-state index contributed by atoms with van der Waals surface area (Å²) in [5.74, 6) is 1.07. The van der Waals surface area contributed by atoms with Crippen LogP contribution >= 0.6 is 11.6 Å². The van der Waals surface area contributed by atoms with Gasteiger partial charge in [0.2, 0.25) is 0 Å². The molecule has 1 aromatic carbocycles. The van der Waals surface area contributed by atoms with Crippen LogP contribution in [0.25, 0.3) is 0 Å². The number of nitrogens with one attached hydrogen (secondary N) is 1. The van der Waals surface area contributed by atoms with Gasteiger partial charge in [0.15, 0.2) is 0 Å². The van der Waals surface area contributed by atoms with Crippen LogP contribution in [0, 0.1) is 0 Å². The lowest BCUT2D eigenvalue weighted by Crippen LogP contribution is -2.16. The average molecular weight is 250 g/mol. The normalized spacial score (nSPS) is 10.7. The number of benzene rings is 1. The van der Waals surface area contributed by atoms with E-state index in [2.05, 4.69) is 20.9 Å². The molecule has 2 rings (SSSR count). The summed E-state index contributed by atoms with van der Waals surface area (Å²) < 4.78 is 2.16. The molecule has 0 spiro atoms. The van der Waals surface area contributed by atoms with Gasteiger partial charge in [0, 0.05) is 36.9 Å². The van der Waals surface area contributed by atoms with Crippen molar-refractivity contribution < 1.29 is 0 Å². The topological polar surface area (TPSA) is 29.9 Å². The van der Waals surface area contributed by atoms with E-state index in [0.717, 1.165) is 30.4 Å². The molecule has 0 radical (unpaired) electrons. The Balaban J connectivity index is 2.10. The molecule has 1 heterocycles. The van der Waals surface area contributed by atoms with Crippen molar-refractivity contribution >= 4 is 11.6 Å². The Morgan fingerprint density at radius 3 is 3.06 bits per heavy atom. The van der Waals surface area contributed by atoms with Crippen LogP contribution in [0.3, 0.4) is 0 Å². The highest BCUT2D eigenvalue weighted by molar-refractivity contribution is 6.30. The summed E-state index contributed by atoms with van der Waals surface area (Å²) in [4.78, 5) is 4.39. The average Bonchev–Trinajstić information content (AvgIpc) is 2.74. The number of hydrogen-bond acceptors (Lipinski definition) is 2. The van der Waals surface area contributed by atoms with Crippen molar-refractivity contribution in [3.8, 4) is 0 Å². The molecular formula is C13H16ClN3. The number of hydrogen-bond donors (Lipinski definition) is 1. The summed E-state index contributed by atoms with van der Waals surface area (Å²) in [5, 5.41) is 3.91. The summed E-state index contributed by atoms with van der Waals surface area (Å²) in [6, 6.07) is 7.92. The van der Waals surface area contributed by atoms with Crippen molar-refractivity contribution in [1.29, 1.82) is 0 Å². The van der Waals surface area contributed by atoms with Crippen LogP contribution in [0.15, 0.2) is 36.7 Å². The first-order chi connectivity index (χ1) is 8.29. The lowest BCUT2D eigenvalue weighted by Gasteiger charge is -2.07. The van der Waals surface area contributed by atoms with Gasteiger partial charge >= 0.3 is 0 Å². The molecule has 1 N–H and O–H groups in total. The number of rotatable bonds is 5. The SMILES string of the molecule is CNCCn1ccnc1Cc1cccc(Cl)c1. The summed E-state index contributed by atoms with van der Waals surface area (Å²) in [7, 11) is 1.95. The molecule has 0 bridgehead atoms. The second-order valence-electron chi connectivity index (χ2n) is 3.95. The molecule has 0 aliphatic carbocycles. The van der Waals surface area contributed by atoms with Gasteiger partial charge in [0.05, 0.1) is 0 Å². The molecule has 0 saturated carbocycles. The maximum Gasteiger partial charge on any atom is 0.113 e. The standard InChI is InChI=1S/C13H16ClN3/c1-15-5-7-17-8-6-16-13(17)10-11-3-2-4-12(14)9-11/h2-4,6,8-9,15H,5,7,10H2,1H3. The third-order valence-corrected chi connectivity index (χ3v) is 2.89. The fraction of sp³-hybridized carbons (Fsp3) is 0.308. The van der Waals surface area contributed by atoms with E-state index < -0.39 is 0 Å². The molecular weight excluding hydrogens is 234 g/mol. The van der Waals surface area contributed by atoms with Crippen molar-refractivity contribution in [2.45, 2.75) is 13.0 Å². The van der Waals surface area contributed by atoms with Crippen LogP contribution in [0.2, 0.25) is 5.02 Å². The van der Waals surface area contributed by atoms with E-state index in [0.29, 0.717) is 0 Å². The van der Waals surface area contributed by atoms with Crippen LogP contribution in [-0.2, 0) is 13.0 Å². The van der Waals surface area contributed by atoms with Crippen LogP contribution < -0.4 is 5.32 Å². The van der Waals surface area contributed by atoms with Gasteiger partial charge < -0.3 is 9.88 Å². The van der Waals surface area contributed by atoms with Gasteiger partial charge in [0.25, 0.3) is 0 Å². The molecule has 0 fully saturated rings. The van der Waals surface area contributed by atoms with Crippen LogP contribution in [0.4, 0.5) is 0 Å². The Labute approximate surface area is 106 Å². The van der Waals surface area contributed by atoms with Gasteiger partial charge in [-0.15, -0.1) is 0 Å². The molecule has 0 aliphatic heterocycles. The van der Waals surface area contributed by atoms with Gasteiger partial charge in [-0.1, -0.05) is 23.7 Å². The maximum atomic E-state index is 5.97. The van der Waals surface area contributed by atoms with E-state index in [9.17, 15) is 0 Å². The van der Waals surface area contributed by atoms with Gasteiger partial charge in [-0.05, 0) is 24.7 Å².